The van der Waals surface area contributed by atoms with Crippen LogP contribution in [0.25, 0.3) is 22.8 Å². The number of carbonyl (C=O) groups is 1. The number of rotatable bonds is 4. The molecule has 1 aromatic heterocycles. The standard InChI is InChI=1S/C19H20N4O2/c1-12(2)20-19(24)21-15-10-8-14(9-11-15)17-22-18(25-23-17)16-7-5-4-6-13(16)3/h4-12H,1-3H3,(H2,20,21,24). The maximum absolute atomic E-state index is 11.7. The molecule has 0 aliphatic carbocycles. The van der Waals surface area contributed by atoms with Crippen LogP contribution in [0, 0.1) is 6.92 Å². The Kier molecular flexibility index (Phi) is 4.79. The van der Waals surface area contributed by atoms with Crippen molar-refractivity contribution in [1.29, 1.82) is 0 Å². The van der Waals surface area contributed by atoms with Crippen LogP contribution in [0.1, 0.15) is 19.4 Å². The third-order valence-corrected chi connectivity index (χ3v) is 3.62. The number of hydrogen-bond donors (Lipinski definition) is 2. The molecule has 128 valence electrons. The largest absolute Gasteiger partial charge is 0.336 e. The Bertz CT molecular complexity index is 869. The maximum Gasteiger partial charge on any atom is 0.319 e. The van der Waals surface area contributed by atoms with Crippen LogP contribution < -0.4 is 10.6 Å². The molecule has 0 bridgehead atoms. The van der Waals surface area contributed by atoms with Gasteiger partial charge in [-0.1, -0.05) is 23.4 Å². The summed E-state index contributed by atoms with van der Waals surface area (Å²) in [6.07, 6.45) is 0. The molecule has 0 fully saturated rings. The van der Waals surface area contributed by atoms with Crippen LogP contribution in [0.15, 0.2) is 53.1 Å². The minimum absolute atomic E-state index is 0.0819. The van der Waals surface area contributed by atoms with Crippen molar-refractivity contribution < 1.29 is 9.32 Å². The van der Waals surface area contributed by atoms with Gasteiger partial charge < -0.3 is 15.2 Å². The summed E-state index contributed by atoms with van der Waals surface area (Å²) in [5.41, 5.74) is 3.52. The van der Waals surface area contributed by atoms with Crippen LogP contribution in [0.4, 0.5) is 10.5 Å². The first-order valence-electron chi connectivity index (χ1n) is 8.10. The Morgan fingerprint density at radius 1 is 1.08 bits per heavy atom. The lowest BCUT2D eigenvalue weighted by Gasteiger charge is -2.10. The fourth-order valence-electron chi connectivity index (χ4n) is 2.39. The number of urea groups is 1. The van der Waals surface area contributed by atoms with Gasteiger partial charge in [0.25, 0.3) is 5.89 Å². The molecule has 3 aromatic rings. The van der Waals surface area contributed by atoms with Crippen molar-refractivity contribution in [3.63, 3.8) is 0 Å². The summed E-state index contributed by atoms with van der Waals surface area (Å²) in [6.45, 7) is 5.82. The van der Waals surface area contributed by atoms with Crippen LogP contribution in [0.3, 0.4) is 0 Å². The molecule has 0 spiro atoms. The zero-order valence-corrected chi connectivity index (χ0v) is 14.4. The van der Waals surface area contributed by atoms with E-state index in [0.29, 0.717) is 17.4 Å². The normalized spacial score (nSPS) is 10.7. The first-order chi connectivity index (χ1) is 12.0. The molecule has 6 heteroatoms. The number of nitrogens with one attached hydrogen (secondary N) is 2. The highest BCUT2D eigenvalue weighted by atomic mass is 16.5. The lowest BCUT2D eigenvalue weighted by atomic mass is 10.1. The summed E-state index contributed by atoms with van der Waals surface area (Å²) >= 11 is 0. The first-order valence-corrected chi connectivity index (χ1v) is 8.10. The second-order valence-electron chi connectivity index (χ2n) is 6.07. The monoisotopic (exact) mass is 336 g/mol. The zero-order valence-electron chi connectivity index (χ0n) is 14.4. The van der Waals surface area contributed by atoms with Crippen molar-refractivity contribution in [2.24, 2.45) is 0 Å². The van der Waals surface area contributed by atoms with E-state index >= 15 is 0 Å². The second-order valence-corrected chi connectivity index (χ2v) is 6.07. The van der Waals surface area contributed by atoms with Crippen LogP contribution in [0.2, 0.25) is 0 Å². The van der Waals surface area contributed by atoms with Gasteiger partial charge in [-0.2, -0.15) is 4.98 Å². The molecule has 3 rings (SSSR count). The number of nitrogens with zero attached hydrogens (tertiary/aromatic N) is 2. The quantitative estimate of drug-likeness (QED) is 0.747. The molecule has 0 saturated carbocycles. The van der Waals surface area contributed by atoms with Crippen molar-refractivity contribution in [3.8, 4) is 22.8 Å². The van der Waals surface area contributed by atoms with Gasteiger partial charge in [-0.25, -0.2) is 4.79 Å². The Balaban J connectivity index is 1.75. The summed E-state index contributed by atoms with van der Waals surface area (Å²) in [6, 6.07) is 15.0. The summed E-state index contributed by atoms with van der Waals surface area (Å²) in [7, 11) is 0. The van der Waals surface area contributed by atoms with Crippen molar-refractivity contribution >= 4 is 11.7 Å². The topological polar surface area (TPSA) is 80.0 Å². The van der Waals surface area contributed by atoms with E-state index in [1.807, 2.05) is 57.2 Å². The van der Waals surface area contributed by atoms with Crippen molar-refractivity contribution in [1.82, 2.24) is 15.5 Å². The highest BCUT2D eigenvalue weighted by molar-refractivity contribution is 5.89. The van der Waals surface area contributed by atoms with Gasteiger partial charge >= 0.3 is 6.03 Å². The van der Waals surface area contributed by atoms with E-state index in [0.717, 1.165) is 16.7 Å². The molecule has 0 radical (unpaired) electrons. The number of benzene rings is 2. The van der Waals surface area contributed by atoms with Crippen molar-refractivity contribution in [2.75, 3.05) is 5.32 Å². The Morgan fingerprint density at radius 2 is 1.80 bits per heavy atom. The van der Waals surface area contributed by atoms with E-state index in [4.69, 9.17) is 4.52 Å². The fraction of sp³-hybridized carbons (Fsp3) is 0.211. The predicted molar refractivity (Wildman–Crippen MR) is 97.2 cm³/mol. The Morgan fingerprint density at radius 3 is 2.48 bits per heavy atom. The van der Waals surface area contributed by atoms with E-state index in [2.05, 4.69) is 20.8 Å². The minimum Gasteiger partial charge on any atom is -0.336 e. The Hall–Kier alpha value is -3.15. The summed E-state index contributed by atoms with van der Waals surface area (Å²) in [5.74, 6) is 1.00. The third-order valence-electron chi connectivity index (χ3n) is 3.62. The molecule has 0 atom stereocenters. The summed E-state index contributed by atoms with van der Waals surface area (Å²) in [5, 5.41) is 9.60. The lowest BCUT2D eigenvalue weighted by Crippen LogP contribution is -2.34. The van der Waals surface area contributed by atoms with Crippen molar-refractivity contribution in [3.05, 3.63) is 54.1 Å². The molecule has 25 heavy (non-hydrogen) atoms. The molecule has 0 aliphatic rings. The molecule has 6 nitrogen and oxygen atoms in total. The highest BCUT2D eigenvalue weighted by Gasteiger charge is 2.12. The van der Waals surface area contributed by atoms with Crippen LogP contribution in [0.5, 0.6) is 0 Å². The number of aryl methyl sites for hydroxylation is 1. The summed E-state index contributed by atoms with van der Waals surface area (Å²) < 4.78 is 5.38. The predicted octanol–water partition coefficient (Wildman–Crippen LogP) is 4.24. The molecule has 0 unspecified atom stereocenters. The van der Waals surface area contributed by atoms with E-state index in [-0.39, 0.29) is 12.1 Å². The molecule has 2 amide bonds. The smallest absolute Gasteiger partial charge is 0.319 e. The average molecular weight is 336 g/mol. The van der Waals surface area contributed by atoms with Gasteiger partial charge in [-0.15, -0.1) is 0 Å². The minimum atomic E-state index is -0.232. The number of anilines is 1. The SMILES string of the molecule is Cc1ccccc1-c1nc(-c2ccc(NC(=O)NC(C)C)cc2)no1. The van der Waals surface area contributed by atoms with Gasteiger partial charge in [0.1, 0.15) is 0 Å². The van der Waals surface area contributed by atoms with Crippen LogP contribution in [-0.2, 0) is 0 Å². The third kappa shape index (κ3) is 4.03. The summed E-state index contributed by atoms with van der Waals surface area (Å²) in [4.78, 5) is 16.2. The molecule has 1 heterocycles. The molecule has 2 N–H and O–H groups in total. The lowest BCUT2D eigenvalue weighted by molar-refractivity contribution is 0.250. The van der Waals surface area contributed by atoms with Gasteiger partial charge in [0.15, 0.2) is 0 Å². The number of amides is 2. The fourth-order valence-corrected chi connectivity index (χ4v) is 2.39. The van der Waals surface area contributed by atoms with E-state index in [9.17, 15) is 4.79 Å². The molecule has 0 aliphatic heterocycles. The number of hydrogen-bond acceptors (Lipinski definition) is 4. The van der Waals surface area contributed by atoms with Crippen LogP contribution in [-0.4, -0.2) is 22.2 Å². The van der Waals surface area contributed by atoms with Gasteiger partial charge in [0, 0.05) is 22.9 Å². The van der Waals surface area contributed by atoms with Crippen molar-refractivity contribution in [2.45, 2.75) is 26.8 Å². The Labute approximate surface area is 146 Å². The second kappa shape index (κ2) is 7.17. The average Bonchev–Trinajstić information content (AvgIpc) is 3.05. The first kappa shape index (κ1) is 16.7. The van der Waals surface area contributed by atoms with E-state index in [1.54, 1.807) is 12.1 Å². The van der Waals surface area contributed by atoms with Gasteiger partial charge in [-0.05, 0) is 56.7 Å². The zero-order chi connectivity index (χ0) is 17.8. The molecule has 0 saturated heterocycles. The maximum atomic E-state index is 11.7. The van der Waals surface area contributed by atoms with E-state index in [1.165, 1.54) is 0 Å². The van der Waals surface area contributed by atoms with Gasteiger partial charge in [0.2, 0.25) is 5.82 Å². The van der Waals surface area contributed by atoms with Crippen LogP contribution >= 0.6 is 0 Å². The molecule has 2 aromatic carbocycles. The van der Waals surface area contributed by atoms with Gasteiger partial charge in [0.05, 0.1) is 0 Å². The van der Waals surface area contributed by atoms with Gasteiger partial charge in [-0.3, -0.25) is 0 Å². The number of aromatic nitrogens is 2. The highest BCUT2D eigenvalue weighted by Crippen LogP contribution is 2.25. The number of carbonyl (C=O) groups excluding carboxylic acids is 1. The van der Waals surface area contributed by atoms with E-state index < -0.39 is 0 Å². The molecular formula is C19H20N4O2. The molecular weight excluding hydrogens is 316 g/mol.